The second kappa shape index (κ2) is 6.05. The minimum absolute atomic E-state index is 0.0236. The van der Waals surface area contributed by atoms with Crippen LogP contribution in [0.1, 0.15) is 6.42 Å². The molecule has 0 aliphatic carbocycles. The standard InChI is InChI=1S/C8H18N2O3S2/c1-15(11,12)5-2-7(10-9)8-6-14-4-3-13-8/h7-8,10H,2-6,9H2,1H3. The summed E-state index contributed by atoms with van der Waals surface area (Å²) in [5, 5.41) is 0. The van der Waals surface area contributed by atoms with Crippen molar-refractivity contribution >= 4 is 21.6 Å². The summed E-state index contributed by atoms with van der Waals surface area (Å²) in [6.45, 7) is 0.715. The van der Waals surface area contributed by atoms with Gasteiger partial charge in [0.05, 0.1) is 18.5 Å². The summed E-state index contributed by atoms with van der Waals surface area (Å²) in [6.07, 6.45) is 1.76. The van der Waals surface area contributed by atoms with Crippen molar-refractivity contribution in [1.82, 2.24) is 5.43 Å². The van der Waals surface area contributed by atoms with E-state index in [-0.39, 0.29) is 17.9 Å². The Labute approximate surface area is 95.0 Å². The molecule has 5 nitrogen and oxygen atoms in total. The van der Waals surface area contributed by atoms with E-state index >= 15 is 0 Å². The third-order valence-electron chi connectivity index (χ3n) is 2.30. The fourth-order valence-electron chi connectivity index (χ4n) is 1.46. The van der Waals surface area contributed by atoms with Crippen LogP contribution in [0.4, 0.5) is 0 Å². The fraction of sp³-hybridized carbons (Fsp3) is 1.00. The average Bonchev–Trinajstić information content (AvgIpc) is 2.19. The van der Waals surface area contributed by atoms with Gasteiger partial charge in [-0.15, -0.1) is 0 Å². The number of hydrogen-bond acceptors (Lipinski definition) is 6. The summed E-state index contributed by atoms with van der Waals surface area (Å²) in [4.78, 5) is 0. The van der Waals surface area contributed by atoms with E-state index in [0.717, 1.165) is 11.5 Å². The van der Waals surface area contributed by atoms with Gasteiger partial charge in [-0.1, -0.05) is 0 Å². The summed E-state index contributed by atoms with van der Waals surface area (Å²) in [7, 11) is -2.93. The predicted molar refractivity (Wildman–Crippen MR) is 62.5 cm³/mol. The van der Waals surface area contributed by atoms with E-state index in [9.17, 15) is 8.42 Å². The van der Waals surface area contributed by atoms with Crippen molar-refractivity contribution in [2.45, 2.75) is 18.6 Å². The molecule has 2 unspecified atom stereocenters. The van der Waals surface area contributed by atoms with E-state index < -0.39 is 9.84 Å². The minimum atomic E-state index is -2.93. The molecule has 1 heterocycles. The Morgan fingerprint density at radius 1 is 1.67 bits per heavy atom. The van der Waals surface area contributed by atoms with Gasteiger partial charge in [0.1, 0.15) is 9.84 Å². The Kier molecular flexibility index (Phi) is 5.34. The van der Waals surface area contributed by atoms with Crippen molar-refractivity contribution in [1.29, 1.82) is 0 Å². The molecular weight excluding hydrogens is 236 g/mol. The zero-order valence-corrected chi connectivity index (χ0v) is 10.4. The monoisotopic (exact) mass is 254 g/mol. The van der Waals surface area contributed by atoms with Crippen LogP contribution in [0.25, 0.3) is 0 Å². The average molecular weight is 254 g/mol. The maximum Gasteiger partial charge on any atom is 0.147 e. The van der Waals surface area contributed by atoms with Crippen molar-refractivity contribution in [2.24, 2.45) is 5.84 Å². The van der Waals surface area contributed by atoms with Crippen LogP contribution in [-0.2, 0) is 14.6 Å². The van der Waals surface area contributed by atoms with Gasteiger partial charge in [-0.3, -0.25) is 11.3 Å². The molecule has 7 heteroatoms. The molecule has 0 radical (unpaired) electrons. The Bertz CT molecular complexity index is 276. The first-order valence-electron chi connectivity index (χ1n) is 4.86. The van der Waals surface area contributed by atoms with E-state index in [2.05, 4.69) is 5.43 Å². The summed E-state index contributed by atoms with van der Waals surface area (Å²) in [5.74, 6) is 7.42. The van der Waals surface area contributed by atoms with E-state index in [0.29, 0.717) is 13.0 Å². The molecule has 1 fully saturated rings. The number of thioether (sulfide) groups is 1. The van der Waals surface area contributed by atoms with E-state index in [1.807, 2.05) is 11.8 Å². The third kappa shape index (κ3) is 5.17. The van der Waals surface area contributed by atoms with Gasteiger partial charge in [0.25, 0.3) is 0 Å². The lowest BCUT2D eigenvalue weighted by atomic mass is 10.1. The van der Waals surface area contributed by atoms with Gasteiger partial charge in [0, 0.05) is 23.8 Å². The zero-order chi connectivity index (χ0) is 11.3. The van der Waals surface area contributed by atoms with Crippen molar-refractivity contribution in [3.63, 3.8) is 0 Å². The van der Waals surface area contributed by atoms with Crippen molar-refractivity contribution in [3.8, 4) is 0 Å². The van der Waals surface area contributed by atoms with Crippen LogP contribution in [0, 0.1) is 0 Å². The molecule has 0 aromatic carbocycles. The number of nitrogens with one attached hydrogen (secondary N) is 1. The molecule has 0 aromatic rings. The van der Waals surface area contributed by atoms with Crippen molar-refractivity contribution < 1.29 is 13.2 Å². The molecule has 1 rings (SSSR count). The number of ether oxygens (including phenoxy) is 1. The van der Waals surface area contributed by atoms with Gasteiger partial charge >= 0.3 is 0 Å². The van der Waals surface area contributed by atoms with Gasteiger partial charge < -0.3 is 4.74 Å². The van der Waals surface area contributed by atoms with Crippen LogP contribution < -0.4 is 11.3 Å². The topological polar surface area (TPSA) is 81.4 Å². The normalized spacial score (nSPS) is 25.1. The van der Waals surface area contributed by atoms with Gasteiger partial charge in [-0.05, 0) is 6.42 Å². The van der Waals surface area contributed by atoms with Crippen LogP contribution >= 0.6 is 11.8 Å². The summed E-state index contributed by atoms with van der Waals surface area (Å²) in [5.41, 5.74) is 2.64. The first kappa shape index (κ1) is 13.2. The first-order chi connectivity index (χ1) is 7.03. The molecule has 1 saturated heterocycles. The molecule has 1 aliphatic rings. The Morgan fingerprint density at radius 2 is 2.40 bits per heavy atom. The second-order valence-electron chi connectivity index (χ2n) is 3.68. The maximum atomic E-state index is 11.0. The minimum Gasteiger partial charge on any atom is -0.375 e. The van der Waals surface area contributed by atoms with Gasteiger partial charge in [0.2, 0.25) is 0 Å². The molecule has 3 N–H and O–H groups in total. The number of sulfone groups is 1. The molecule has 0 bridgehead atoms. The highest BCUT2D eigenvalue weighted by Gasteiger charge is 2.24. The summed E-state index contributed by atoms with van der Waals surface area (Å²) >= 11 is 1.81. The highest BCUT2D eigenvalue weighted by atomic mass is 32.2. The van der Waals surface area contributed by atoms with Crippen molar-refractivity contribution in [2.75, 3.05) is 30.1 Å². The molecule has 0 amide bonds. The molecule has 0 aromatic heterocycles. The summed E-state index contributed by atoms with van der Waals surface area (Å²) in [6, 6.07) is -0.0764. The highest BCUT2D eigenvalue weighted by molar-refractivity contribution is 7.99. The lowest BCUT2D eigenvalue weighted by Crippen LogP contribution is -2.48. The van der Waals surface area contributed by atoms with Crippen molar-refractivity contribution in [3.05, 3.63) is 0 Å². The predicted octanol–water partition coefficient (Wildman–Crippen LogP) is -0.615. The third-order valence-corrected chi connectivity index (χ3v) is 4.30. The quantitative estimate of drug-likeness (QED) is 0.503. The Morgan fingerprint density at radius 3 is 2.87 bits per heavy atom. The van der Waals surface area contributed by atoms with Crippen LogP contribution in [0.3, 0.4) is 0 Å². The number of rotatable bonds is 5. The SMILES string of the molecule is CS(=O)(=O)CCC(NN)C1CSCCO1. The summed E-state index contributed by atoms with van der Waals surface area (Å²) < 4.78 is 27.6. The molecule has 90 valence electrons. The smallest absolute Gasteiger partial charge is 0.147 e. The number of hydrogen-bond donors (Lipinski definition) is 2. The molecular formula is C8H18N2O3S2. The number of hydrazine groups is 1. The first-order valence-corrected chi connectivity index (χ1v) is 8.07. The van der Waals surface area contributed by atoms with Crippen LogP contribution in [0.2, 0.25) is 0 Å². The zero-order valence-electron chi connectivity index (χ0n) is 8.81. The molecule has 0 spiro atoms. The molecule has 0 saturated carbocycles. The Hall–Kier alpha value is 0.180. The maximum absolute atomic E-state index is 11.0. The lowest BCUT2D eigenvalue weighted by molar-refractivity contribution is 0.0463. The van der Waals surface area contributed by atoms with E-state index in [1.165, 1.54) is 6.26 Å². The van der Waals surface area contributed by atoms with Gasteiger partial charge in [-0.25, -0.2) is 8.42 Å². The number of nitrogens with two attached hydrogens (primary N) is 1. The van der Waals surface area contributed by atoms with Crippen LogP contribution in [0.15, 0.2) is 0 Å². The van der Waals surface area contributed by atoms with Gasteiger partial charge in [-0.2, -0.15) is 11.8 Å². The van der Waals surface area contributed by atoms with Crippen LogP contribution in [-0.4, -0.2) is 50.7 Å². The van der Waals surface area contributed by atoms with E-state index in [1.54, 1.807) is 0 Å². The van der Waals surface area contributed by atoms with Gasteiger partial charge in [0.15, 0.2) is 0 Å². The second-order valence-corrected chi connectivity index (χ2v) is 7.09. The molecule has 1 aliphatic heterocycles. The molecule has 2 atom stereocenters. The lowest BCUT2D eigenvalue weighted by Gasteiger charge is -2.29. The molecule has 15 heavy (non-hydrogen) atoms. The fourth-order valence-corrected chi connectivity index (χ4v) is 3.08. The highest BCUT2D eigenvalue weighted by Crippen LogP contribution is 2.17. The van der Waals surface area contributed by atoms with Crippen LogP contribution in [0.5, 0.6) is 0 Å². The van der Waals surface area contributed by atoms with E-state index in [4.69, 9.17) is 10.6 Å². The largest absolute Gasteiger partial charge is 0.375 e. The Balaban J connectivity index is 2.40.